The maximum atomic E-state index is 3.58. The van der Waals surface area contributed by atoms with Gasteiger partial charge in [0.1, 0.15) is 0 Å². The Kier molecular flexibility index (Phi) is 4.43. The minimum Gasteiger partial charge on any atom is -0.312 e. The van der Waals surface area contributed by atoms with E-state index in [1.54, 1.807) is 4.88 Å². The van der Waals surface area contributed by atoms with Crippen LogP contribution in [0.15, 0.2) is 6.07 Å². The van der Waals surface area contributed by atoms with Crippen molar-refractivity contribution in [1.29, 1.82) is 0 Å². The molecule has 0 bridgehead atoms. The molecule has 0 amide bonds. The topological polar surface area (TPSA) is 12.0 Å². The fourth-order valence-corrected chi connectivity index (χ4v) is 3.33. The Bertz CT molecular complexity index is 369. The zero-order valence-electron chi connectivity index (χ0n) is 12.4. The number of aryl methyl sites for hydroxylation is 2. The zero-order valence-corrected chi connectivity index (χ0v) is 13.2. The molecule has 0 aliphatic carbocycles. The Morgan fingerprint density at radius 2 is 1.71 bits per heavy atom. The molecule has 98 valence electrons. The molecule has 0 unspecified atom stereocenters. The molecule has 1 aromatic rings. The Morgan fingerprint density at radius 1 is 1.12 bits per heavy atom. The summed E-state index contributed by atoms with van der Waals surface area (Å²) in [6, 6.07) is 2.30. The van der Waals surface area contributed by atoms with Crippen molar-refractivity contribution in [2.75, 3.05) is 6.54 Å². The van der Waals surface area contributed by atoms with Crippen LogP contribution in [0.1, 0.15) is 56.4 Å². The van der Waals surface area contributed by atoms with Crippen LogP contribution in [-0.4, -0.2) is 12.1 Å². The second-order valence-corrected chi connectivity index (χ2v) is 7.94. The van der Waals surface area contributed by atoms with Gasteiger partial charge in [-0.05, 0) is 59.2 Å². The lowest BCUT2D eigenvalue weighted by Gasteiger charge is -2.28. The molecule has 0 fully saturated rings. The van der Waals surface area contributed by atoms with Crippen molar-refractivity contribution in [2.24, 2.45) is 0 Å². The summed E-state index contributed by atoms with van der Waals surface area (Å²) in [5.41, 5.74) is 1.95. The summed E-state index contributed by atoms with van der Waals surface area (Å²) in [4.78, 5) is 2.97. The molecule has 1 N–H and O–H groups in total. The molecule has 0 radical (unpaired) electrons. The minimum atomic E-state index is 0.219. The minimum absolute atomic E-state index is 0.219. The van der Waals surface area contributed by atoms with Gasteiger partial charge in [0.15, 0.2) is 0 Å². The molecule has 0 aliphatic rings. The van der Waals surface area contributed by atoms with Gasteiger partial charge in [-0.25, -0.2) is 0 Å². The van der Waals surface area contributed by atoms with Crippen molar-refractivity contribution < 1.29 is 0 Å². The van der Waals surface area contributed by atoms with Crippen LogP contribution in [0.4, 0.5) is 0 Å². The molecule has 0 atom stereocenters. The van der Waals surface area contributed by atoms with E-state index in [0.29, 0.717) is 0 Å². The van der Waals surface area contributed by atoms with Crippen LogP contribution in [0.25, 0.3) is 0 Å². The standard InChI is InChI=1S/C15H27NS/c1-11-10-12(2)17-13(11)15(6,7)8-9-16-14(3,4)5/h10,16H,8-9H2,1-7H3. The number of rotatable bonds is 4. The quantitative estimate of drug-likeness (QED) is 0.837. The van der Waals surface area contributed by atoms with Gasteiger partial charge in [0, 0.05) is 20.7 Å². The molecule has 0 spiro atoms. The summed E-state index contributed by atoms with van der Waals surface area (Å²) < 4.78 is 0. The molecule has 0 saturated carbocycles. The molecule has 0 aromatic carbocycles. The molecule has 1 rings (SSSR count). The number of nitrogens with one attached hydrogen (secondary N) is 1. The van der Waals surface area contributed by atoms with Crippen molar-refractivity contribution in [3.05, 3.63) is 21.4 Å². The van der Waals surface area contributed by atoms with Crippen LogP contribution in [-0.2, 0) is 5.41 Å². The molecule has 2 heteroatoms. The number of hydrogen-bond donors (Lipinski definition) is 1. The van der Waals surface area contributed by atoms with Gasteiger partial charge < -0.3 is 5.32 Å². The van der Waals surface area contributed by atoms with Crippen LogP contribution in [0, 0.1) is 13.8 Å². The number of thiophene rings is 1. The van der Waals surface area contributed by atoms with Gasteiger partial charge in [0.05, 0.1) is 0 Å². The molecule has 17 heavy (non-hydrogen) atoms. The average molecular weight is 253 g/mol. The summed E-state index contributed by atoms with van der Waals surface area (Å²) >= 11 is 1.95. The second-order valence-electron chi connectivity index (χ2n) is 6.68. The first kappa shape index (κ1) is 14.7. The van der Waals surface area contributed by atoms with Crippen LogP contribution < -0.4 is 5.32 Å². The van der Waals surface area contributed by atoms with Gasteiger partial charge in [-0.15, -0.1) is 11.3 Å². The van der Waals surface area contributed by atoms with Gasteiger partial charge >= 0.3 is 0 Å². The highest BCUT2D eigenvalue weighted by atomic mass is 32.1. The summed E-state index contributed by atoms with van der Waals surface area (Å²) in [7, 11) is 0. The van der Waals surface area contributed by atoms with Gasteiger partial charge in [0.2, 0.25) is 0 Å². The lowest BCUT2D eigenvalue weighted by atomic mass is 9.85. The maximum absolute atomic E-state index is 3.58. The van der Waals surface area contributed by atoms with Crippen molar-refractivity contribution in [3.8, 4) is 0 Å². The van der Waals surface area contributed by atoms with Crippen LogP contribution in [0.2, 0.25) is 0 Å². The van der Waals surface area contributed by atoms with Crippen molar-refractivity contribution >= 4 is 11.3 Å². The third-order valence-electron chi connectivity index (χ3n) is 3.06. The van der Waals surface area contributed by atoms with E-state index in [-0.39, 0.29) is 11.0 Å². The fraction of sp³-hybridized carbons (Fsp3) is 0.733. The van der Waals surface area contributed by atoms with Gasteiger partial charge in [-0.3, -0.25) is 0 Å². The van der Waals surface area contributed by atoms with Crippen molar-refractivity contribution in [2.45, 2.75) is 65.8 Å². The van der Waals surface area contributed by atoms with E-state index in [4.69, 9.17) is 0 Å². The molecule has 0 aliphatic heterocycles. The number of hydrogen-bond acceptors (Lipinski definition) is 2. The van der Waals surface area contributed by atoms with Crippen LogP contribution >= 0.6 is 11.3 Å². The first-order chi connectivity index (χ1) is 7.62. The van der Waals surface area contributed by atoms with Crippen LogP contribution in [0.5, 0.6) is 0 Å². The Morgan fingerprint density at radius 3 is 2.12 bits per heavy atom. The Labute approximate surface area is 111 Å². The first-order valence-electron chi connectivity index (χ1n) is 6.44. The third kappa shape index (κ3) is 4.44. The molecule has 0 saturated heterocycles. The Hall–Kier alpha value is -0.340. The molecule has 1 heterocycles. The van der Waals surface area contributed by atoms with E-state index in [2.05, 4.69) is 59.8 Å². The van der Waals surface area contributed by atoms with E-state index >= 15 is 0 Å². The van der Waals surface area contributed by atoms with E-state index < -0.39 is 0 Å². The zero-order chi connectivity index (χ0) is 13.3. The predicted octanol–water partition coefficient (Wildman–Crippen LogP) is 4.42. The highest BCUT2D eigenvalue weighted by molar-refractivity contribution is 7.12. The van der Waals surface area contributed by atoms with E-state index in [9.17, 15) is 0 Å². The molecular weight excluding hydrogens is 226 g/mol. The monoisotopic (exact) mass is 253 g/mol. The maximum Gasteiger partial charge on any atom is 0.0134 e. The highest BCUT2D eigenvalue weighted by Crippen LogP contribution is 2.35. The SMILES string of the molecule is Cc1cc(C)c(C(C)(C)CCNC(C)(C)C)s1. The summed E-state index contributed by atoms with van der Waals surface area (Å²) in [6.45, 7) is 16.9. The predicted molar refractivity (Wildman–Crippen MR) is 79.2 cm³/mol. The Balaban J connectivity index is 2.66. The normalized spacial score (nSPS) is 13.1. The molecular formula is C15H27NS. The molecule has 1 nitrogen and oxygen atoms in total. The van der Waals surface area contributed by atoms with Crippen LogP contribution in [0.3, 0.4) is 0 Å². The van der Waals surface area contributed by atoms with Gasteiger partial charge in [-0.1, -0.05) is 13.8 Å². The van der Waals surface area contributed by atoms with Gasteiger partial charge in [0.25, 0.3) is 0 Å². The lowest BCUT2D eigenvalue weighted by Crippen LogP contribution is -2.38. The third-order valence-corrected chi connectivity index (χ3v) is 4.58. The van der Waals surface area contributed by atoms with E-state index in [0.717, 1.165) is 6.54 Å². The second kappa shape index (κ2) is 5.11. The van der Waals surface area contributed by atoms with E-state index in [1.165, 1.54) is 16.9 Å². The summed E-state index contributed by atoms with van der Waals surface area (Å²) in [5.74, 6) is 0. The average Bonchev–Trinajstić information content (AvgIpc) is 2.43. The summed E-state index contributed by atoms with van der Waals surface area (Å²) in [6.07, 6.45) is 1.19. The summed E-state index contributed by atoms with van der Waals surface area (Å²) in [5, 5.41) is 3.58. The smallest absolute Gasteiger partial charge is 0.0134 e. The van der Waals surface area contributed by atoms with Gasteiger partial charge in [-0.2, -0.15) is 0 Å². The first-order valence-corrected chi connectivity index (χ1v) is 7.26. The fourth-order valence-electron chi connectivity index (χ4n) is 2.18. The highest BCUT2D eigenvalue weighted by Gasteiger charge is 2.24. The van der Waals surface area contributed by atoms with E-state index in [1.807, 2.05) is 11.3 Å². The van der Waals surface area contributed by atoms with Crippen molar-refractivity contribution in [3.63, 3.8) is 0 Å². The lowest BCUT2D eigenvalue weighted by molar-refractivity contribution is 0.381. The van der Waals surface area contributed by atoms with Crippen molar-refractivity contribution in [1.82, 2.24) is 5.32 Å². The molecule has 1 aromatic heterocycles. The largest absolute Gasteiger partial charge is 0.312 e.